The number of cyclic esters (lactones) is 1. The van der Waals surface area contributed by atoms with Gasteiger partial charge in [-0.3, -0.25) is 34.5 Å². The zero-order valence-corrected chi connectivity index (χ0v) is 38.1. The van der Waals surface area contributed by atoms with Gasteiger partial charge in [0.25, 0.3) is 5.69 Å². The number of nitrogens with one attached hydrogen (secondary N) is 1. The van der Waals surface area contributed by atoms with Gasteiger partial charge in [-0.1, -0.05) is 19.9 Å². The Morgan fingerprint density at radius 2 is 1.86 bits per heavy atom. The Morgan fingerprint density at radius 3 is 2.58 bits per heavy atom. The molecule has 2 aromatic carbocycles. The van der Waals surface area contributed by atoms with E-state index < -0.39 is 34.2 Å². The molecule has 64 heavy (non-hydrogen) atoms. The van der Waals surface area contributed by atoms with E-state index >= 15 is 0 Å². The predicted molar refractivity (Wildman–Crippen MR) is 244 cm³/mol. The maximum absolute atomic E-state index is 14.3. The van der Waals surface area contributed by atoms with Gasteiger partial charge < -0.3 is 28.6 Å². The predicted octanol–water partition coefficient (Wildman–Crippen LogP) is 6.99. The number of methoxy groups -OCH3 is 1. The van der Waals surface area contributed by atoms with E-state index in [9.17, 15) is 24.5 Å². The van der Waals surface area contributed by atoms with E-state index in [1.807, 2.05) is 18.5 Å². The monoisotopic (exact) mass is 892 g/mol. The van der Waals surface area contributed by atoms with Crippen molar-refractivity contribution in [2.75, 3.05) is 58.4 Å². The summed E-state index contributed by atoms with van der Waals surface area (Å²) in [4.78, 5) is 67.1. The van der Waals surface area contributed by atoms with Crippen LogP contribution in [0.5, 0.6) is 5.75 Å². The Morgan fingerprint density at radius 1 is 1.09 bits per heavy atom. The van der Waals surface area contributed by atoms with Crippen LogP contribution in [0.4, 0.5) is 11.4 Å². The molecule has 0 saturated carbocycles. The Labute approximate surface area is 376 Å². The van der Waals surface area contributed by atoms with Crippen LogP contribution in [-0.4, -0.2) is 107 Å². The molecule has 3 atom stereocenters. The zero-order chi connectivity index (χ0) is 45.3. The fourth-order valence-corrected chi connectivity index (χ4v) is 9.85. The van der Waals surface area contributed by atoms with Crippen molar-refractivity contribution < 1.29 is 33.5 Å². The van der Waals surface area contributed by atoms with E-state index in [-0.39, 0.29) is 42.9 Å². The molecule has 0 radical (unpaired) electrons. The largest absolute Gasteiger partial charge is 0.464 e. The minimum atomic E-state index is -0.890. The van der Waals surface area contributed by atoms with Crippen molar-refractivity contribution >= 4 is 51.5 Å². The number of piperazine rings is 1. The summed E-state index contributed by atoms with van der Waals surface area (Å²) >= 11 is 1.41. The van der Waals surface area contributed by atoms with Gasteiger partial charge in [-0.15, -0.1) is 11.3 Å². The third-order valence-electron chi connectivity index (χ3n) is 12.6. The first-order valence-corrected chi connectivity index (χ1v) is 22.9. The average Bonchev–Trinajstić information content (AvgIpc) is 3.89. The van der Waals surface area contributed by atoms with Crippen molar-refractivity contribution in [3.05, 3.63) is 86.5 Å². The molecule has 16 nitrogen and oxygen atoms in total. The number of carbonyl (C=O) groups is 3. The Hall–Kier alpha value is -5.75. The molecule has 17 heteroatoms. The van der Waals surface area contributed by atoms with Crippen molar-refractivity contribution in [1.29, 1.82) is 0 Å². The van der Waals surface area contributed by atoms with Crippen molar-refractivity contribution in [1.82, 2.24) is 29.9 Å². The van der Waals surface area contributed by atoms with Crippen molar-refractivity contribution in [2.24, 2.45) is 11.3 Å². The van der Waals surface area contributed by atoms with Crippen LogP contribution in [0.2, 0.25) is 0 Å². The van der Waals surface area contributed by atoms with Crippen molar-refractivity contribution in [3.63, 3.8) is 0 Å². The SMILES string of the molecule is CCn1c(-c2cc(N3CCN(C)CC3)cnc2[C@H](C)OC)c2c3cc(ccc31)-c1csc(n1)C[C@H](CC(=O)Oc1ccc([N+](=O)[O-])cc1)C(=O)N1CCC[C@H](N1)C(=O)OCC(C)(C)C2. The molecular weight excluding hydrogens is 837 g/mol. The summed E-state index contributed by atoms with van der Waals surface area (Å²) in [5.74, 6) is -2.27. The summed E-state index contributed by atoms with van der Waals surface area (Å²) < 4.78 is 20.0. The minimum Gasteiger partial charge on any atom is -0.464 e. The molecule has 2 fully saturated rings. The minimum absolute atomic E-state index is 0.125. The molecule has 338 valence electrons. The number of nitro groups is 1. The van der Waals surface area contributed by atoms with Crippen LogP contribution < -0.4 is 15.1 Å². The first-order valence-electron chi connectivity index (χ1n) is 22.0. The second-order valence-corrected chi connectivity index (χ2v) is 18.8. The van der Waals surface area contributed by atoms with E-state index in [1.54, 1.807) is 7.11 Å². The second-order valence-electron chi connectivity index (χ2n) is 17.8. The maximum atomic E-state index is 14.3. The molecule has 6 bridgehead atoms. The molecule has 0 unspecified atom stereocenters. The van der Waals surface area contributed by atoms with Gasteiger partial charge in [0.05, 0.1) is 63.9 Å². The number of fused-ring (bicyclic) bond motifs is 6. The lowest BCUT2D eigenvalue weighted by atomic mass is 9.84. The lowest BCUT2D eigenvalue weighted by Crippen LogP contribution is -2.57. The maximum Gasteiger partial charge on any atom is 0.324 e. The standard InChI is InChI=1S/C47H56N8O8S/c1-7-53-40-15-10-30-21-35(40)37(44(53)36-24-33(26-48-43(36)29(2)61-6)52-19-17-51(5)18-20-52)25-47(3,4)28-62-46(58)38-9-8-16-54(50-38)45(57)31(22-41-49-39(30)27-64-41)23-42(56)63-34-13-11-32(12-14-34)55(59)60/h10-15,21,24,26-27,29,31,38,50H,7-9,16-20,22-23,25,28H2,1-6H3/t29-,31+,38-/m0/s1. The lowest BCUT2D eigenvalue weighted by Gasteiger charge is -2.35. The van der Waals surface area contributed by atoms with Crippen LogP contribution in [0, 0.1) is 21.4 Å². The molecule has 2 saturated heterocycles. The van der Waals surface area contributed by atoms with E-state index in [1.165, 1.54) is 40.6 Å². The number of aryl methyl sites for hydroxylation is 1. The number of hydrogen-bond donors (Lipinski definition) is 1. The third kappa shape index (κ3) is 9.53. The number of nitro benzene ring substituents is 1. The van der Waals surface area contributed by atoms with Gasteiger partial charge in [-0.25, -0.2) is 10.4 Å². The van der Waals surface area contributed by atoms with E-state index in [4.69, 9.17) is 24.2 Å². The zero-order valence-electron chi connectivity index (χ0n) is 37.3. The number of anilines is 1. The molecule has 3 aliphatic heterocycles. The number of thiazole rings is 1. The summed E-state index contributed by atoms with van der Waals surface area (Å²) in [6.07, 6.45) is 3.13. The molecule has 3 aliphatic rings. The van der Waals surface area contributed by atoms with Crippen LogP contribution >= 0.6 is 11.3 Å². The van der Waals surface area contributed by atoms with Crippen LogP contribution in [0.15, 0.2) is 60.1 Å². The number of ether oxygens (including phenoxy) is 3. The number of hydrazine groups is 1. The number of non-ortho nitro benzene ring substituents is 1. The topological polar surface area (TPSA) is 174 Å². The van der Waals surface area contributed by atoms with Crippen LogP contribution in [0.3, 0.4) is 0 Å². The highest BCUT2D eigenvalue weighted by Gasteiger charge is 2.36. The van der Waals surface area contributed by atoms with Crippen LogP contribution in [-0.2, 0) is 43.2 Å². The summed E-state index contributed by atoms with van der Waals surface area (Å²) in [6.45, 7) is 13.3. The molecule has 0 aliphatic carbocycles. The first-order chi connectivity index (χ1) is 30.7. The second kappa shape index (κ2) is 18.8. The molecule has 6 heterocycles. The van der Waals surface area contributed by atoms with Crippen molar-refractivity contribution in [3.8, 4) is 28.3 Å². The summed E-state index contributed by atoms with van der Waals surface area (Å²) in [6, 6.07) is 13.1. The number of esters is 2. The number of hydrogen-bond acceptors (Lipinski definition) is 14. The fourth-order valence-electron chi connectivity index (χ4n) is 8.96. The van der Waals surface area contributed by atoms with E-state index in [0.29, 0.717) is 37.4 Å². The number of nitrogens with zero attached hydrogens (tertiary/aromatic N) is 7. The van der Waals surface area contributed by atoms with Gasteiger partial charge in [-0.2, -0.15) is 0 Å². The number of pyridine rings is 1. The van der Waals surface area contributed by atoms with Gasteiger partial charge in [0.15, 0.2) is 0 Å². The Balaban J connectivity index is 1.21. The lowest BCUT2D eigenvalue weighted by molar-refractivity contribution is -0.384. The van der Waals surface area contributed by atoms with Crippen LogP contribution in [0.25, 0.3) is 33.4 Å². The molecule has 5 aromatic rings. The highest BCUT2D eigenvalue weighted by atomic mass is 32.1. The number of rotatable bonds is 9. The molecule has 8 rings (SSSR count). The molecule has 0 spiro atoms. The smallest absolute Gasteiger partial charge is 0.324 e. The average molecular weight is 893 g/mol. The molecular formula is C47H56N8O8S. The van der Waals surface area contributed by atoms with Gasteiger partial charge >= 0.3 is 11.9 Å². The Bertz CT molecular complexity index is 2550. The fraction of sp³-hybridized carbons (Fsp3) is 0.468. The van der Waals surface area contributed by atoms with Gasteiger partial charge in [0.1, 0.15) is 11.8 Å². The summed E-state index contributed by atoms with van der Waals surface area (Å²) in [7, 11) is 3.85. The number of benzene rings is 2. The van der Waals surface area contributed by atoms with Crippen LogP contribution in [0.1, 0.15) is 69.3 Å². The normalized spacial score (nSPS) is 20.2. The third-order valence-corrected chi connectivity index (χ3v) is 13.4. The molecule has 1 amide bonds. The van der Waals surface area contributed by atoms with Gasteiger partial charge in [0.2, 0.25) is 5.91 Å². The Kier molecular flexibility index (Phi) is 13.1. The van der Waals surface area contributed by atoms with E-state index in [2.05, 4.69) is 71.9 Å². The summed E-state index contributed by atoms with van der Waals surface area (Å²) in [5, 5.41) is 16.3. The van der Waals surface area contributed by atoms with Gasteiger partial charge in [0, 0.05) is 97.8 Å². The highest BCUT2D eigenvalue weighted by molar-refractivity contribution is 7.10. The first kappa shape index (κ1) is 44.8. The quantitative estimate of drug-likeness (QED) is 0.0695. The number of aromatic nitrogens is 3. The summed E-state index contributed by atoms with van der Waals surface area (Å²) in [5.41, 5.74) is 10.2. The molecule has 1 N–H and O–H groups in total. The highest BCUT2D eigenvalue weighted by Crippen LogP contribution is 2.43. The van der Waals surface area contributed by atoms with Crippen molar-refractivity contribution in [2.45, 2.75) is 78.5 Å². The number of likely N-dealkylation sites (N-methyl/N-ethyl adjacent to an activating group) is 1. The number of carbonyl (C=O) groups excluding carboxylic acids is 3. The van der Waals surface area contributed by atoms with Gasteiger partial charge in [-0.05, 0) is 76.1 Å². The number of amides is 1. The molecule has 3 aromatic heterocycles. The van der Waals surface area contributed by atoms with E-state index in [0.717, 1.165) is 76.5 Å².